The highest BCUT2D eigenvalue weighted by Gasteiger charge is 2.20. The number of hydrogen-bond acceptors (Lipinski definition) is 4. The van der Waals surface area contributed by atoms with Gasteiger partial charge in [-0.05, 0) is 12.0 Å². The van der Waals surface area contributed by atoms with Crippen LogP contribution in [0, 0.1) is 0 Å². The van der Waals surface area contributed by atoms with Gasteiger partial charge < -0.3 is 9.88 Å². The lowest BCUT2D eigenvalue weighted by atomic mass is 10.1. The molecule has 0 amide bonds. The van der Waals surface area contributed by atoms with Crippen LogP contribution in [0.15, 0.2) is 61.1 Å². The second-order valence-electron chi connectivity index (χ2n) is 5.97. The zero-order valence-electron chi connectivity index (χ0n) is 14.3. The number of fused-ring (bicyclic) bond motifs is 1. The molecule has 0 spiro atoms. The number of hydrogen-bond donors (Lipinski definition) is 1. The van der Waals surface area contributed by atoms with E-state index in [9.17, 15) is 0 Å². The molecule has 0 saturated heterocycles. The number of benzene rings is 1. The summed E-state index contributed by atoms with van der Waals surface area (Å²) in [6.45, 7) is 2.10. The van der Waals surface area contributed by atoms with Crippen LogP contribution in [-0.2, 0) is 13.5 Å². The molecule has 3 heterocycles. The average molecular weight is 332 g/mol. The Labute approximate surface area is 146 Å². The van der Waals surface area contributed by atoms with Gasteiger partial charge in [0.05, 0.1) is 6.20 Å². The third-order valence-electron chi connectivity index (χ3n) is 4.32. The van der Waals surface area contributed by atoms with Gasteiger partial charge in [-0.3, -0.25) is 0 Å². The maximum atomic E-state index is 4.61. The van der Waals surface area contributed by atoms with E-state index in [1.165, 1.54) is 0 Å². The molecular formula is C19H20N6. The van der Waals surface area contributed by atoms with Crippen LogP contribution < -0.4 is 5.32 Å². The van der Waals surface area contributed by atoms with E-state index in [4.69, 9.17) is 0 Å². The van der Waals surface area contributed by atoms with E-state index in [1.54, 1.807) is 6.20 Å². The quantitative estimate of drug-likeness (QED) is 0.609. The minimum atomic E-state index is -0.0827. The lowest BCUT2D eigenvalue weighted by Crippen LogP contribution is -2.19. The van der Waals surface area contributed by atoms with Crippen LogP contribution in [0.2, 0.25) is 0 Å². The number of imidazole rings is 1. The van der Waals surface area contributed by atoms with Gasteiger partial charge in [0.25, 0.3) is 0 Å². The van der Waals surface area contributed by atoms with Crippen LogP contribution in [0.25, 0.3) is 5.65 Å². The van der Waals surface area contributed by atoms with Crippen molar-refractivity contribution in [3.63, 3.8) is 0 Å². The van der Waals surface area contributed by atoms with E-state index in [0.29, 0.717) is 0 Å². The standard InChI is InChI=1S/C19H20N6/c1-3-15-13-17(25-16(22-15)9-10-21-25)23-18(14-7-5-4-6-8-14)19-20-11-12-24(19)2/h4-13,18,23H,3H2,1-2H3/t18-/m0/s1. The van der Waals surface area contributed by atoms with Crippen LogP contribution in [-0.4, -0.2) is 24.1 Å². The smallest absolute Gasteiger partial charge is 0.157 e. The van der Waals surface area contributed by atoms with Crippen LogP contribution in [0.1, 0.15) is 30.0 Å². The molecular weight excluding hydrogens is 312 g/mol. The summed E-state index contributed by atoms with van der Waals surface area (Å²) >= 11 is 0. The molecule has 6 heteroatoms. The van der Waals surface area contributed by atoms with Crippen LogP contribution in [0.5, 0.6) is 0 Å². The lowest BCUT2D eigenvalue weighted by molar-refractivity contribution is 0.739. The van der Waals surface area contributed by atoms with Gasteiger partial charge in [0, 0.05) is 37.3 Å². The molecule has 4 rings (SSSR count). The Bertz CT molecular complexity index is 986. The Morgan fingerprint density at radius 2 is 1.96 bits per heavy atom. The summed E-state index contributed by atoms with van der Waals surface area (Å²) < 4.78 is 3.87. The van der Waals surface area contributed by atoms with Gasteiger partial charge in [-0.1, -0.05) is 37.3 Å². The number of anilines is 1. The van der Waals surface area contributed by atoms with E-state index in [1.807, 2.05) is 52.8 Å². The molecule has 6 nitrogen and oxygen atoms in total. The molecule has 4 aromatic rings. The molecule has 0 aliphatic rings. The van der Waals surface area contributed by atoms with Gasteiger partial charge >= 0.3 is 0 Å². The molecule has 1 N–H and O–H groups in total. The first kappa shape index (κ1) is 15.4. The zero-order valence-corrected chi connectivity index (χ0v) is 14.3. The average Bonchev–Trinajstić information content (AvgIpc) is 3.29. The number of nitrogens with zero attached hydrogens (tertiary/aromatic N) is 5. The lowest BCUT2D eigenvalue weighted by Gasteiger charge is -2.21. The third-order valence-corrected chi connectivity index (χ3v) is 4.32. The monoisotopic (exact) mass is 332 g/mol. The van der Waals surface area contributed by atoms with E-state index in [2.05, 4.69) is 45.5 Å². The largest absolute Gasteiger partial charge is 0.356 e. The van der Waals surface area contributed by atoms with Gasteiger partial charge in [-0.15, -0.1) is 0 Å². The van der Waals surface area contributed by atoms with Gasteiger partial charge in [0.2, 0.25) is 0 Å². The number of aromatic nitrogens is 5. The van der Waals surface area contributed by atoms with Crippen molar-refractivity contribution in [2.75, 3.05) is 5.32 Å². The van der Waals surface area contributed by atoms with Crippen molar-refractivity contribution in [3.8, 4) is 0 Å². The van der Waals surface area contributed by atoms with Gasteiger partial charge in [-0.2, -0.15) is 9.61 Å². The SMILES string of the molecule is CCc1cc(N[C@@H](c2ccccc2)c2nccn2C)n2nccc2n1. The molecule has 0 unspecified atom stereocenters. The van der Waals surface area contributed by atoms with Gasteiger partial charge in [0.1, 0.15) is 17.7 Å². The Morgan fingerprint density at radius 1 is 1.12 bits per heavy atom. The maximum absolute atomic E-state index is 4.61. The second kappa shape index (κ2) is 6.39. The second-order valence-corrected chi connectivity index (χ2v) is 5.97. The Kier molecular flexibility index (Phi) is 3.93. The summed E-state index contributed by atoms with van der Waals surface area (Å²) in [6, 6.07) is 14.2. The first-order chi connectivity index (χ1) is 12.3. The predicted octanol–water partition coefficient (Wildman–Crippen LogP) is 3.23. The van der Waals surface area contributed by atoms with Crippen LogP contribution >= 0.6 is 0 Å². The topological polar surface area (TPSA) is 60.0 Å². The highest BCUT2D eigenvalue weighted by atomic mass is 15.3. The molecule has 0 radical (unpaired) electrons. The Morgan fingerprint density at radius 3 is 2.68 bits per heavy atom. The molecule has 3 aromatic heterocycles. The summed E-state index contributed by atoms with van der Waals surface area (Å²) in [7, 11) is 2.01. The summed E-state index contributed by atoms with van der Waals surface area (Å²) in [5.74, 6) is 1.85. The van der Waals surface area contributed by atoms with Crippen molar-refractivity contribution in [3.05, 3.63) is 78.1 Å². The van der Waals surface area contributed by atoms with Crippen LogP contribution in [0.3, 0.4) is 0 Å². The predicted molar refractivity (Wildman–Crippen MR) is 97.5 cm³/mol. The summed E-state index contributed by atoms with van der Waals surface area (Å²) in [5, 5.41) is 8.03. The van der Waals surface area contributed by atoms with Crippen molar-refractivity contribution < 1.29 is 0 Å². The van der Waals surface area contributed by atoms with Crippen molar-refractivity contribution in [2.45, 2.75) is 19.4 Å². The zero-order chi connectivity index (χ0) is 17.2. The normalized spacial score (nSPS) is 12.4. The fourth-order valence-electron chi connectivity index (χ4n) is 2.99. The number of rotatable bonds is 5. The maximum Gasteiger partial charge on any atom is 0.157 e. The van der Waals surface area contributed by atoms with E-state index < -0.39 is 0 Å². The van der Waals surface area contributed by atoms with Crippen molar-refractivity contribution in [2.24, 2.45) is 7.05 Å². The first-order valence-electron chi connectivity index (χ1n) is 8.38. The molecule has 126 valence electrons. The minimum absolute atomic E-state index is 0.0827. The summed E-state index contributed by atoms with van der Waals surface area (Å²) in [5.41, 5.74) is 3.02. The molecule has 0 aliphatic heterocycles. The number of nitrogens with one attached hydrogen (secondary N) is 1. The fourth-order valence-corrected chi connectivity index (χ4v) is 2.99. The van der Waals surface area contributed by atoms with Crippen molar-refractivity contribution in [1.29, 1.82) is 0 Å². The van der Waals surface area contributed by atoms with Crippen molar-refractivity contribution >= 4 is 11.5 Å². The Balaban J connectivity index is 1.82. The first-order valence-corrected chi connectivity index (χ1v) is 8.38. The minimum Gasteiger partial charge on any atom is -0.356 e. The van der Waals surface area contributed by atoms with Gasteiger partial charge in [-0.25, -0.2) is 9.97 Å². The molecule has 25 heavy (non-hydrogen) atoms. The summed E-state index contributed by atoms with van der Waals surface area (Å²) in [6.07, 6.45) is 6.42. The summed E-state index contributed by atoms with van der Waals surface area (Å²) in [4.78, 5) is 9.17. The molecule has 0 saturated carbocycles. The van der Waals surface area contributed by atoms with E-state index in [0.717, 1.165) is 35.0 Å². The van der Waals surface area contributed by atoms with E-state index in [-0.39, 0.29) is 6.04 Å². The van der Waals surface area contributed by atoms with E-state index >= 15 is 0 Å². The van der Waals surface area contributed by atoms with Crippen LogP contribution in [0.4, 0.5) is 5.82 Å². The highest BCUT2D eigenvalue weighted by Crippen LogP contribution is 2.26. The molecule has 1 aromatic carbocycles. The molecule has 1 atom stereocenters. The number of aryl methyl sites for hydroxylation is 2. The molecule has 0 bridgehead atoms. The fraction of sp³-hybridized carbons (Fsp3) is 0.211. The molecule has 0 aliphatic carbocycles. The van der Waals surface area contributed by atoms with Crippen molar-refractivity contribution in [1.82, 2.24) is 24.1 Å². The Hall–Kier alpha value is -3.15. The third kappa shape index (κ3) is 2.87. The molecule has 0 fully saturated rings. The highest BCUT2D eigenvalue weighted by molar-refractivity contribution is 5.51. The van der Waals surface area contributed by atoms with Gasteiger partial charge in [0.15, 0.2) is 5.65 Å².